The van der Waals surface area contributed by atoms with Crippen LogP contribution in [-0.2, 0) is 30.6 Å². The summed E-state index contributed by atoms with van der Waals surface area (Å²) in [7, 11) is -2.41. The Balaban J connectivity index is 1.30. The van der Waals surface area contributed by atoms with E-state index in [-0.39, 0.29) is 42.6 Å². The van der Waals surface area contributed by atoms with E-state index in [1.165, 1.54) is 24.3 Å². The molecule has 2 aromatic carbocycles. The minimum atomic E-state index is -4.02. The van der Waals surface area contributed by atoms with Gasteiger partial charge in [-0.3, -0.25) is 9.59 Å². The van der Waals surface area contributed by atoms with Crippen molar-refractivity contribution in [1.82, 2.24) is 10.2 Å². The highest BCUT2D eigenvalue weighted by atomic mass is 32.2. The maximum atomic E-state index is 13.5. The summed E-state index contributed by atoms with van der Waals surface area (Å²) in [5.74, 6) is 0.201. The van der Waals surface area contributed by atoms with Crippen molar-refractivity contribution < 1.29 is 32.2 Å². The van der Waals surface area contributed by atoms with E-state index >= 15 is 0 Å². The first-order valence-electron chi connectivity index (χ1n) is 13.0. The number of piperidine rings is 1. The minimum Gasteiger partial charge on any atom is -0.492 e. The van der Waals surface area contributed by atoms with Gasteiger partial charge in [-0.2, -0.15) is 0 Å². The fraction of sp³-hybridized carbons (Fsp3) is 0.429. The Morgan fingerprint density at radius 2 is 1.79 bits per heavy atom. The summed E-state index contributed by atoms with van der Waals surface area (Å²) in [5, 5.41) is 2.78. The number of nitrogens with one attached hydrogen (secondary N) is 1. The number of hydrogen-bond donors (Lipinski definition) is 2. The largest absolute Gasteiger partial charge is 0.492 e. The Kier molecular flexibility index (Phi) is 9.26. The zero-order valence-electron chi connectivity index (χ0n) is 22.1. The zero-order valence-corrected chi connectivity index (χ0v) is 22.9. The fourth-order valence-electron chi connectivity index (χ4n) is 4.83. The number of amides is 2. The summed E-state index contributed by atoms with van der Waals surface area (Å²) in [4.78, 5) is 27.1. The maximum absolute atomic E-state index is 13.5. The molecule has 4 rings (SSSR count). The molecular formula is C28H35N3O7S. The highest BCUT2D eigenvalue weighted by Gasteiger charge is 2.51. The van der Waals surface area contributed by atoms with Gasteiger partial charge in [-0.15, -0.1) is 0 Å². The van der Waals surface area contributed by atoms with E-state index in [0.717, 1.165) is 12.0 Å². The number of primary amides is 1. The second-order valence-electron chi connectivity index (χ2n) is 9.59. The van der Waals surface area contributed by atoms with E-state index < -0.39 is 20.5 Å². The molecule has 2 aliphatic heterocycles. The molecule has 0 aromatic heterocycles. The SMILES string of the molecule is COCCN1CCC(C(N)=O)(S(=O)(=O)c2ccc(OCCNC(=O)C3=CCCc4ccccc4O3)cc2)CC1. The molecule has 1 fully saturated rings. The molecule has 0 atom stereocenters. The first-order valence-corrected chi connectivity index (χ1v) is 14.5. The third-order valence-corrected chi connectivity index (χ3v) is 9.72. The van der Waals surface area contributed by atoms with Gasteiger partial charge >= 0.3 is 0 Å². The molecule has 2 aliphatic rings. The van der Waals surface area contributed by atoms with Crippen LogP contribution in [0.4, 0.5) is 0 Å². The maximum Gasteiger partial charge on any atom is 0.286 e. The van der Waals surface area contributed by atoms with Crippen LogP contribution >= 0.6 is 0 Å². The van der Waals surface area contributed by atoms with Gasteiger partial charge in [0, 0.05) is 26.7 Å². The molecule has 2 amide bonds. The van der Waals surface area contributed by atoms with Crippen LogP contribution in [0.25, 0.3) is 0 Å². The van der Waals surface area contributed by atoms with Crippen molar-refractivity contribution in [2.75, 3.05) is 46.5 Å². The molecule has 0 radical (unpaired) electrons. The van der Waals surface area contributed by atoms with Crippen LogP contribution in [0.15, 0.2) is 65.3 Å². The number of sulfone groups is 1. The van der Waals surface area contributed by atoms with E-state index in [9.17, 15) is 18.0 Å². The highest BCUT2D eigenvalue weighted by molar-refractivity contribution is 7.93. The highest BCUT2D eigenvalue weighted by Crippen LogP contribution is 2.36. The number of carbonyl (C=O) groups excluding carboxylic acids is 2. The molecule has 11 heteroatoms. The van der Waals surface area contributed by atoms with Gasteiger partial charge in [0.2, 0.25) is 5.91 Å². The van der Waals surface area contributed by atoms with Gasteiger partial charge in [0.05, 0.1) is 18.0 Å². The van der Waals surface area contributed by atoms with Gasteiger partial charge in [0.25, 0.3) is 5.91 Å². The van der Waals surface area contributed by atoms with E-state index in [1.807, 2.05) is 24.3 Å². The summed E-state index contributed by atoms with van der Waals surface area (Å²) in [6, 6.07) is 13.5. The molecule has 0 saturated carbocycles. The van der Waals surface area contributed by atoms with Crippen molar-refractivity contribution in [2.24, 2.45) is 5.73 Å². The number of rotatable bonds is 11. The lowest BCUT2D eigenvalue weighted by atomic mass is 9.95. The molecule has 0 unspecified atom stereocenters. The molecule has 1 saturated heterocycles. The summed E-state index contributed by atoms with van der Waals surface area (Å²) in [5.41, 5.74) is 6.71. The quantitative estimate of drug-likeness (QED) is 0.399. The predicted molar refractivity (Wildman–Crippen MR) is 145 cm³/mol. The van der Waals surface area contributed by atoms with Crippen molar-refractivity contribution >= 4 is 21.7 Å². The number of nitrogens with two attached hydrogens (primary N) is 1. The van der Waals surface area contributed by atoms with Crippen molar-refractivity contribution in [2.45, 2.75) is 35.3 Å². The van der Waals surface area contributed by atoms with Gasteiger partial charge in [-0.1, -0.05) is 18.2 Å². The number of para-hydroxylation sites is 1. The van der Waals surface area contributed by atoms with Crippen LogP contribution in [0, 0.1) is 0 Å². The lowest BCUT2D eigenvalue weighted by Crippen LogP contribution is -2.57. The number of methoxy groups -OCH3 is 1. The number of allylic oxidation sites excluding steroid dienone is 1. The number of carbonyl (C=O) groups is 2. The normalized spacial score (nSPS) is 17.2. The number of likely N-dealkylation sites (tertiary alicyclic amines) is 1. The number of aryl methyl sites for hydroxylation is 1. The zero-order chi connectivity index (χ0) is 27.9. The molecular weight excluding hydrogens is 522 g/mol. The van der Waals surface area contributed by atoms with Crippen LogP contribution in [0.5, 0.6) is 11.5 Å². The van der Waals surface area contributed by atoms with Crippen molar-refractivity contribution in [3.63, 3.8) is 0 Å². The smallest absolute Gasteiger partial charge is 0.286 e. The first-order chi connectivity index (χ1) is 18.8. The Morgan fingerprint density at radius 1 is 1.08 bits per heavy atom. The monoisotopic (exact) mass is 557 g/mol. The third kappa shape index (κ3) is 6.43. The van der Waals surface area contributed by atoms with Gasteiger partial charge in [0.1, 0.15) is 18.1 Å². The average molecular weight is 558 g/mol. The van der Waals surface area contributed by atoms with Crippen molar-refractivity contribution in [1.29, 1.82) is 0 Å². The third-order valence-electron chi connectivity index (χ3n) is 7.19. The van der Waals surface area contributed by atoms with E-state index in [2.05, 4.69) is 10.2 Å². The number of fused-ring (bicyclic) bond motifs is 1. The molecule has 10 nitrogen and oxygen atoms in total. The first kappa shape index (κ1) is 28.6. The molecule has 3 N–H and O–H groups in total. The van der Waals surface area contributed by atoms with E-state index in [0.29, 0.717) is 44.2 Å². The number of nitrogens with zero attached hydrogens (tertiary/aromatic N) is 1. The van der Waals surface area contributed by atoms with E-state index in [1.54, 1.807) is 13.2 Å². The van der Waals surface area contributed by atoms with Crippen LogP contribution in [0.3, 0.4) is 0 Å². The second kappa shape index (κ2) is 12.6. The molecule has 0 spiro atoms. The second-order valence-corrected chi connectivity index (χ2v) is 11.8. The van der Waals surface area contributed by atoms with E-state index in [4.69, 9.17) is 19.9 Å². The molecule has 0 bridgehead atoms. The molecule has 2 heterocycles. The average Bonchev–Trinajstić information content (AvgIpc) is 3.17. The van der Waals surface area contributed by atoms with Crippen LogP contribution in [-0.4, -0.2) is 76.4 Å². The molecule has 210 valence electrons. The topological polar surface area (TPSA) is 137 Å². The van der Waals surface area contributed by atoms with Crippen LogP contribution in [0.1, 0.15) is 24.8 Å². The molecule has 2 aromatic rings. The van der Waals surface area contributed by atoms with Crippen molar-refractivity contribution in [3.8, 4) is 11.5 Å². The van der Waals surface area contributed by atoms with Gasteiger partial charge in [-0.05, 0) is 67.7 Å². The Labute approximate surface area is 229 Å². The van der Waals surface area contributed by atoms with Crippen LogP contribution < -0.4 is 20.5 Å². The standard InChI is InChI=1S/C28H35N3O7S/c1-36-20-18-31-16-13-28(14-17-31,27(29)33)39(34,35)23-11-9-22(10-12-23)37-19-15-30-26(32)25-8-4-6-21-5-2-3-7-24(21)38-25/h2-3,5,7-12H,4,6,13-20H2,1H3,(H2,29,33)(H,30,32). The number of hydrogen-bond acceptors (Lipinski definition) is 8. The molecule has 39 heavy (non-hydrogen) atoms. The lowest BCUT2D eigenvalue weighted by molar-refractivity contribution is -0.122. The van der Waals surface area contributed by atoms with Gasteiger partial charge in [0.15, 0.2) is 20.3 Å². The van der Waals surface area contributed by atoms with Crippen molar-refractivity contribution in [3.05, 3.63) is 65.9 Å². The van der Waals surface area contributed by atoms with Crippen LogP contribution in [0.2, 0.25) is 0 Å². The Bertz CT molecular complexity index is 1300. The Morgan fingerprint density at radius 3 is 2.49 bits per heavy atom. The minimum absolute atomic E-state index is 0.0185. The summed E-state index contributed by atoms with van der Waals surface area (Å²) in [6.45, 7) is 2.47. The summed E-state index contributed by atoms with van der Waals surface area (Å²) in [6.07, 6.45) is 3.53. The van der Waals surface area contributed by atoms with Gasteiger partial charge < -0.3 is 30.2 Å². The fourth-order valence-corrected chi connectivity index (χ4v) is 6.77. The molecule has 0 aliphatic carbocycles. The summed E-state index contributed by atoms with van der Waals surface area (Å²) < 4.78 is 41.9. The summed E-state index contributed by atoms with van der Waals surface area (Å²) >= 11 is 0. The lowest BCUT2D eigenvalue weighted by Gasteiger charge is -2.38. The number of benzene rings is 2. The number of ether oxygens (including phenoxy) is 3. The predicted octanol–water partition coefficient (Wildman–Crippen LogP) is 1.83. The Hall–Kier alpha value is -3.41. The van der Waals surface area contributed by atoms with Gasteiger partial charge in [-0.25, -0.2) is 8.42 Å².